The maximum absolute atomic E-state index is 5.77. The molecule has 6 nitrogen and oxygen atoms in total. The Balaban J connectivity index is 1.37. The molecule has 1 saturated heterocycles. The van der Waals surface area contributed by atoms with Crippen molar-refractivity contribution in [1.29, 1.82) is 0 Å². The summed E-state index contributed by atoms with van der Waals surface area (Å²) in [5, 5.41) is 11.8. The first-order valence-corrected chi connectivity index (χ1v) is 8.54. The minimum absolute atomic E-state index is 0.457. The van der Waals surface area contributed by atoms with E-state index in [1.807, 2.05) is 24.3 Å². The molecule has 0 spiro atoms. The van der Waals surface area contributed by atoms with E-state index in [9.17, 15) is 0 Å². The van der Waals surface area contributed by atoms with Crippen molar-refractivity contribution in [2.75, 3.05) is 31.2 Å². The number of hydrogen-bond donors (Lipinski definition) is 1. The third-order valence-corrected chi connectivity index (χ3v) is 4.57. The summed E-state index contributed by atoms with van der Waals surface area (Å²) in [5.74, 6) is 2.70. The van der Waals surface area contributed by atoms with Gasteiger partial charge >= 0.3 is 0 Å². The molecule has 24 heavy (non-hydrogen) atoms. The lowest BCUT2D eigenvalue weighted by Gasteiger charge is -2.26. The standard InChI is InChI=1S/C18H22N4O2/c1-4-14(18-16(6-1)23-10-11-24-18)12-19-13-15-5-3-9-22(15)17-7-2-8-20-21-17/h1-2,4,6-8,15,19H,3,5,9-13H2/t15-/m1/s1. The first-order chi connectivity index (χ1) is 11.9. The van der Waals surface area contributed by atoms with Gasteiger partial charge in [-0.25, -0.2) is 0 Å². The number of fused-ring (bicyclic) bond motifs is 1. The normalized spacial score (nSPS) is 19.5. The lowest BCUT2D eigenvalue weighted by Crippen LogP contribution is -2.38. The predicted molar refractivity (Wildman–Crippen MR) is 91.5 cm³/mol. The maximum Gasteiger partial charge on any atom is 0.165 e. The van der Waals surface area contributed by atoms with Crippen molar-refractivity contribution in [3.05, 3.63) is 42.1 Å². The molecule has 1 aromatic heterocycles. The molecule has 2 aromatic rings. The minimum atomic E-state index is 0.457. The van der Waals surface area contributed by atoms with Gasteiger partial charge in [0, 0.05) is 37.4 Å². The number of aromatic nitrogens is 2. The van der Waals surface area contributed by atoms with Crippen LogP contribution in [0.25, 0.3) is 0 Å². The van der Waals surface area contributed by atoms with Gasteiger partial charge in [-0.2, -0.15) is 5.10 Å². The van der Waals surface area contributed by atoms with Gasteiger partial charge in [-0.15, -0.1) is 5.10 Å². The van der Waals surface area contributed by atoms with Crippen molar-refractivity contribution in [3.8, 4) is 11.5 Å². The second-order valence-corrected chi connectivity index (χ2v) is 6.14. The smallest absolute Gasteiger partial charge is 0.165 e. The van der Waals surface area contributed by atoms with Gasteiger partial charge in [0.25, 0.3) is 0 Å². The fourth-order valence-corrected chi connectivity index (χ4v) is 3.44. The molecule has 126 valence electrons. The highest BCUT2D eigenvalue weighted by atomic mass is 16.6. The summed E-state index contributed by atoms with van der Waals surface area (Å²) in [6, 6.07) is 10.5. The number of para-hydroxylation sites is 1. The highest BCUT2D eigenvalue weighted by Gasteiger charge is 2.25. The highest BCUT2D eigenvalue weighted by Crippen LogP contribution is 2.33. The third-order valence-electron chi connectivity index (χ3n) is 4.57. The van der Waals surface area contributed by atoms with Crippen LogP contribution in [-0.2, 0) is 6.54 Å². The Morgan fingerprint density at radius 2 is 2.12 bits per heavy atom. The molecular formula is C18H22N4O2. The maximum atomic E-state index is 5.77. The monoisotopic (exact) mass is 326 g/mol. The molecule has 0 bridgehead atoms. The molecule has 4 rings (SSSR count). The highest BCUT2D eigenvalue weighted by molar-refractivity contribution is 5.47. The summed E-state index contributed by atoms with van der Waals surface area (Å²) in [5.41, 5.74) is 1.15. The van der Waals surface area contributed by atoms with Crippen LogP contribution in [0, 0.1) is 0 Å². The zero-order valence-corrected chi connectivity index (χ0v) is 13.6. The van der Waals surface area contributed by atoms with E-state index in [4.69, 9.17) is 9.47 Å². The van der Waals surface area contributed by atoms with Crippen LogP contribution in [0.2, 0.25) is 0 Å². The topological polar surface area (TPSA) is 59.5 Å². The van der Waals surface area contributed by atoms with Crippen LogP contribution < -0.4 is 19.7 Å². The van der Waals surface area contributed by atoms with Crippen LogP contribution in [0.15, 0.2) is 36.5 Å². The van der Waals surface area contributed by atoms with Crippen LogP contribution >= 0.6 is 0 Å². The van der Waals surface area contributed by atoms with E-state index in [1.165, 1.54) is 12.8 Å². The Hall–Kier alpha value is -2.34. The first kappa shape index (κ1) is 15.2. The Bertz CT molecular complexity index is 680. The Labute approximate surface area is 141 Å². The third kappa shape index (κ3) is 3.14. The summed E-state index contributed by atoms with van der Waals surface area (Å²) in [7, 11) is 0. The van der Waals surface area contributed by atoms with Gasteiger partial charge in [0.1, 0.15) is 13.2 Å². The summed E-state index contributed by atoms with van der Waals surface area (Å²) < 4.78 is 11.4. The lowest BCUT2D eigenvalue weighted by atomic mass is 10.1. The van der Waals surface area contributed by atoms with Crippen molar-refractivity contribution in [2.24, 2.45) is 0 Å². The SMILES string of the molecule is c1cnnc(N2CCC[C@@H]2CNCc2cccc3c2OCCO3)c1. The van der Waals surface area contributed by atoms with E-state index in [0.29, 0.717) is 19.3 Å². The molecular weight excluding hydrogens is 304 g/mol. The molecule has 1 N–H and O–H groups in total. The van der Waals surface area contributed by atoms with E-state index in [-0.39, 0.29) is 0 Å². The number of nitrogens with zero attached hydrogens (tertiary/aromatic N) is 3. The first-order valence-electron chi connectivity index (χ1n) is 8.54. The van der Waals surface area contributed by atoms with Crippen molar-refractivity contribution >= 4 is 5.82 Å². The second-order valence-electron chi connectivity index (χ2n) is 6.14. The molecule has 0 aliphatic carbocycles. The molecule has 0 unspecified atom stereocenters. The minimum Gasteiger partial charge on any atom is -0.486 e. The van der Waals surface area contributed by atoms with Gasteiger partial charge in [-0.1, -0.05) is 12.1 Å². The van der Waals surface area contributed by atoms with E-state index < -0.39 is 0 Å². The fourth-order valence-electron chi connectivity index (χ4n) is 3.44. The molecule has 1 aromatic carbocycles. The molecule has 3 heterocycles. The van der Waals surface area contributed by atoms with Gasteiger partial charge in [-0.3, -0.25) is 0 Å². The van der Waals surface area contributed by atoms with Crippen molar-refractivity contribution < 1.29 is 9.47 Å². The summed E-state index contributed by atoms with van der Waals surface area (Å²) in [6.45, 7) is 3.98. The quantitative estimate of drug-likeness (QED) is 0.907. The fraction of sp³-hybridized carbons (Fsp3) is 0.444. The molecule has 1 fully saturated rings. The average molecular weight is 326 g/mol. The molecule has 0 radical (unpaired) electrons. The van der Waals surface area contributed by atoms with Gasteiger partial charge in [0.15, 0.2) is 17.3 Å². The lowest BCUT2D eigenvalue weighted by molar-refractivity contribution is 0.169. The number of ether oxygens (including phenoxy) is 2. The average Bonchev–Trinajstić information content (AvgIpc) is 3.11. The van der Waals surface area contributed by atoms with Crippen molar-refractivity contribution in [3.63, 3.8) is 0 Å². The second kappa shape index (κ2) is 7.05. The molecule has 1 atom stereocenters. The van der Waals surface area contributed by atoms with Gasteiger partial charge in [0.05, 0.1) is 0 Å². The van der Waals surface area contributed by atoms with E-state index >= 15 is 0 Å². The molecule has 0 saturated carbocycles. The van der Waals surface area contributed by atoms with Crippen LogP contribution in [-0.4, -0.2) is 42.5 Å². The number of anilines is 1. The summed E-state index contributed by atoms with van der Waals surface area (Å²) in [6.07, 6.45) is 4.09. The number of hydrogen-bond acceptors (Lipinski definition) is 6. The summed E-state index contributed by atoms with van der Waals surface area (Å²) >= 11 is 0. The van der Waals surface area contributed by atoms with Crippen LogP contribution in [0.5, 0.6) is 11.5 Å². The predicted octanol–water partition coefficient (Wildman–Crippen LogP) is 2.01. The van der Waals surface area contributed by atoms with E-state index in [0.717, 1.165) is 42.5 Å². The van der Waals surface area contributed by atoms with Crippen LogP contribution in [0.4, 0.5) is 5.82 Å². The van der Waals surface area contributed by atoms with Crippen LogP contribution in [0.3, 0.4) is 0 Å². The number of benzene rings is 1. The molecule has 2 aliphatic rings. The van der Waals surface area contributed by atoms with E-state index in [1.54, 1.807) is 6.20 Å². The van der Waals surface area contributed by atoms with Gasteiger partial charge in [0.2, 0.25) is 0 Å². The molecule has 0 amide bonds. The van der Waals surface area contributed by atoms with Gasteiger partial charge in [-0.05, 0) is 31.0 Å². The zero-order valence-electron chi connectivity index (χ0n) is 13.6. The van der Waals surface area contributed by atoms with E-state index in [2.05, 4.69) is 26.5 Å². The Morgan fingerprint density at radius 3 is 3.04 bits per heavy atom. The largest absolute Gasteiger partial charge is 0.486 e. The Kier molecular flexibility index (Phi) is 4.46. The van der Waals surface area contributed by atoms with Crippen molar-refractivity contribution in [2.45, 2.75) is 25.4 Å². The van der Waals surface area contributed by atoms with Crippen LogP contribution in [0.1, 0.15) is 18.4 Å². The zero-order chi connectivity index (χ0) is 16.2. The molecule has 2 aliphatic heterocycles. The number of nitrogens with one attached hydrogen (secondary N) is 1. The van der Waals surface area contributed by atoms with Gasteiger partial charge < -0.3 is 19.7 Å². The summed E-state index contributed by atoms with van der Waals surface area (Å²) in [4.78, 5) is 2.35. The van der Waals surface area contributed by atoms with Crippen molar-refractivity contribution in [1.82, 2.24) is 15.5 Å². The molecule has 6 heteroatoms. The number of rotatable bonds is 5. The Morgan fingerprint density at radius 1 is 1.17 bits per heavy atom.